The van der Waals surface area contributed by atoms with Gasteiger partial charge in [0, 0.05) is 44.4 Å². The molecule has 24 rings (SSSR count). The lowest BCUT2D eigenvalue weighted by Crippen LogP contribution is -2.69. The molecule has 0 aliphatic carbocycles. The summed E-state index contributed by atoms with van der Waals surface area (Å²) in [5, 5.41) is 240. The second-order valence-corrected chi connectivity index (χ2v) is 27.3. The summed E-state index contributed by atoms with van der Waals surface area (Å²) in [4.78, 5) is 82.0. The molecule has 2 aromatic carbocycles. The third-order valence-corrected chi connectivity index (χ3v) is 19.6. The van der Waals surface area contributed by atoms with Crippen molar-refractivity contribution < 1.29 is 178 Å². The quantitative estimate of drug-likeness (QED) is 0.0171. The van der Waals surface area contributed by atoms with E-state index in [1.165, 1.54) is 18.2 Å². The van der Waals surface area contributed by atoms with E-state index in [2.05, 4.69) is 31.9 Å². The third kappa shape index (κ3) is 22.3. The van der Waals surface area contributed by atoms with Gasteiger partial charge in [-0.3, -0.25) is 39.9 Å². The Bertz CT molecular complexity index is 3460. The second-order valence-electron chi connectivity index (χ2n) is 27.3. The largest absolute Gasteiger partial charge is 0.394 e. The van der Waals surface area contributed by atoms with E-state index in [9.17, 15) is 136 Å². The number of aliphatic hydroxyl groups is 17. The Hall–Kier alpha value is -7.30. The maximum absolute atomic E-state index is 13.6. The van der Waals surface area contributed by atoms with Gasteiger partial charge in [-0.25, -0.2) is 9.59 Å². The summed E-state index contributed by atoms with van der Waals surface area (Å²) in [7, 11) is 0. The summed E-state index contributed by atoms with van der Waals surface area (Å²) in [6.45, 7) is -5.14. The fraction of sp³-hybridized carbons (Fsp3) is 0.723. The molecule has 634 valence electrons. The van der Waals surface area contributed by atoms with E-state index in [-0.39, 0.29) is 19.4 Å². The molecular formula is C65H95N9O39. The van der Waals surface area contributed by atoms with Gasteiger partial charge in [-0.2, -0.15) is 0 Å². The minimum absolute atomic E-state index is 0.195. The van der Waals surface area contributed by atoms with Gasteiger partial charge in [0.25, 0.3) is 5.69 Å². The van der Waals surface area contributed by atoms with Crippen molar-refractivity contribution in [1.29, 1.82) is 0 Å². The van der Waals surface area contributed by atoms with Crippen molar-refractivity contribution in [2.24, 2.45) is 0 Å². The van der Waals surface area contributed by atoms with Crippen LogP contribution >= 0.6 is 0 Å². The summed E-state index contributed by atoms with van der Waals surface area (Å²) < 4.78 is 69.7. The van der Waals surface area contributed by atoms with E-state index in [0.29, 0.717) is 75.0 Å². The number of unbranched alkanes of at least 4 members (excludes halogenated alkanes) is 5. The van der Waals surface area contributed by atoms with Gasteiger partial charge in [0.15, 0.2) is 43.4 Å². The number of hydrogen-bond acceptors (Lipinski definition) is 39. The molecule has 6 amide bonds. The van der Waals surface area contributed by atoms with Crippen LogP contribution in [-0.2, 0) is 66.4 Å². The molecule has 0 saturated carbocycles. The number of carbonyl (C=O) groups excluding carboxylic acids is 4. The van der Waals surface area contributed by atoms with Crippen LogP contribution in [0.15, 0.2) is 42.5 Å². The van der Waals surface area contributed by atoms with Crippen molar-refractivity contribution >= 4 is 58.4 Å². The molecule has 48 heteroatoms. The molecule has 0 aromatic heterocycles. The number of non-ortho nitro benzene ring substituents is 1. The highest BCUT2D eigenvalue weighted by molar-refractivity contribution is 5.97. The molecule has 113 heavy (non-hydrogen) atoms. The smallest absolute Gasteiger partial charge is 0.319 e. The first-order valence-electron chi connectivity index (χ1n) is 36.0. The SMILES string of the molecule is O=C(C=Cc1ccc(NC(=O)NCCCCCCNC(=O)NCCCCCC(=O)Nc2c([N+](=O)[O-])cc([N+](=O)[O-])cc2[N+](=O)[O-])cc1)NC[C@H]1O[C@@H]2O[C@H]3[C@H](O)[C@@H](O)[C@@H](O[C@H]4[C@H](O)[C@@H](O)[C@@H](O[C@H]5[C@H](O)[C@@H](O)[C@@H](O[C@H]6[C@H](O)[C@@H](O)[C@@H](O[C@H]7[C@H](O)[C@@H](O)[C@@H](O[C@H]1[C@H](O)[C@H]2O)O[C@@H]7CO)O[C@@H]6CO)O[C@@H]5CO)O[C@@H]4CO)O[C@@H]3CO. The molecule has 0 radical (unpaired) electrons. The number of rotatable bonds is 27. The van der Waals surface area contributed by atoms with E-state index >= 15 is 0 Å². The number of nitro benzene ring substituents is 3. The van der Waals surface area contributed by atoms with E-state index in [1.807, 2.05) is 0 Å². The first-order chi connectivity index (χ1) is 53.9. The standard InChI is InChI=1S/C65H95N9O39/c75-21-32-53-42(84)48(90)60(104-32)111-55-34(23-77)106-62(50(92)44(55)86)113-57-36(25-79)107-63(51(93)45(57)87)112-56-35(24-78)105-61(49(91)43(56)85)110-54-33(22-76)103-59(47(89)41(54)83)108-52-31(102-58(109-53)46(88)40(52)82)20-69-37(80)14-11-26-9-12-27(13-10-26)70-65(95)68-17-6-2-1-5-15-66-64(94)67-16-7-3-4-8-38(81)71-39-29(73(98)99)18-28(72(96)97)19-30(39)74(100)101/h9-14,18-19,31-36,40-63,75-79,82-93H,1-8,15-17,20-25H2,(H,69,80)(H,71,81)(H2,66,67,94)(H2,68,70,95)/t31-,32-,33-,34-,35-,36-,40-,41-,42-,43-,44-,45-,46-,47-,48-,49-,50-,51-,52-,53-,54-,55-,56-,57-,58-,59-,60-,61-,62-,63-/m1/s1. The molecule has 23 N–H and O–H groups in total. The molecule has 22 aliphatic heterocycles. The van der Waals surface area contributed by atoms with Gasteiger partial charge in [-0.1, -0.05) is 31.4 Å². The highest BCUT2D eigenvalue weighted by Crippen LogP contribution is 2.41. The maximum atomic E-state index is 13.6. The van der Waals surface area contributed by atoms with Gasteiger partial charge < -0.3 is 176 Å². The van der Waals surface area contributed by atoms with E-state index in [1.54, 1.807) is 12.1 Å². The number of amides is 6. The van der Waals surface area contributed by atoms with Crippen LogP contribution in [0.1, 0.15) is 56.9 Å². The Kier molecular flexibility index (Phi) is 32.9. The number of nitrogens with one attached hydrogen (secondary N) is 6. The van der Waals surface area contributed by atoms with Gasteiger partial charge in [0.1, 0.15) is 146 Å². The molecule has 30 atom stereocenters. The van der Waals surface area contributed by atoms with Gasteiger partial charge in [0.05, 0.1) is 59.9 Å². The number of aliphatic hydroxyl groups excluding tert-OH is 17. The number of urea groups is 2. The van der Waals surface area contributed by atoms with E-state index < -0.39 is 285 Å². The number of nitro groups is 3. The molecule has 0 spiro atoms. The van der Waals surface area contributed by atoms with Gasteiger partial charge in [-0.15, -0.1) is 0 Å². The fourth-order valence-corrected chi connectivity index (χ4v) is 13.4. The zero-order chi connectivity index (χ0) is 82.2. The molecule has 22 saturated heterocycles. The predicted molar refractivity (Wildman–Crippen MR) is 368 cm³/mol. The number of carbonyl (C=O) groups is 4. The van der Waals surface area contributed by atoms with Crippen LogP contribution in [0.5, 0.6) is 0 Å². The summed E-state index contributed by atoms with van der Waals surface area (Å²) in [6, 6.07) is 6.18. The average molecular weight is 1630 g/mol. The highest BCUT2D eigenvalue weighted by Gasteiger charge is 2.59. The number of anilines is 2. The molecule has 12 bridgehead atoms. The van der Waals surface area contributed by atoms with Crippen LogP contribution < -0.4 is 31.9 Å². The predicted octanol–water partition coefficient (Wildman–Crippen LogP) is -8.31. The summed E-state index contributed by atoms with van der Waals surface area (Å²) in [6.07, 6.45) is -55.3. The van der Waals surface area contributed by atoms with Crippen molar-refractivity contribution in [3.05, 3.63) is 78.4 Å². The van der Waals surface area contributed by atoms with Crippen molar-refractivity contribution in [3.8, 4) is 0 Å². The monoisotopic (exact) mass is 1630 g/mol. The van der Waals surface area contributed by atoms with Crippen molar-refractivity contribution in [2.45, 2.75) is 236 Å². The molecule has 22 aliphatic rings. The summed E-state index contributed by atoms with van der Waals surface area (Å²) in [5.74, 6) is -1.64. The zero-order valence-corrected chi connectivity index (χ0v) is 59.9. The van der Waals surface area contributed by atoms with E-state index in [4.69, 9.17) is 56.8 Å². The Morgan fingerprint density at radius 3 is 1.00 bits per heavy atom. The molecule has 0 unspecified atom stereocenters. The molecular weight excluding hydrogens is 1530 g/mol. The van der Waals surface area contributed by atoms with Crippen molar-refractivity contribution in [3.63, 3.8) is 0 Å². The van der Waals surface area contributed by atoms with Crippen LogP contribution in [0.4, 0.5) is 38.0 Å². The van der Waals surface area contributed by atoms with Gasteiger partial charge in [-0.05, 0) is 49.5 Å². The fourth-order valence-electron chi connectivity index (χ4n) is 13.4. The van der Waals surface area contributed by atoms with Crippen molar-refractivity contribution in [1.82, 2.24) is 21.3 Å². The van der Waals surface area contributed by atoms with Crippen LogP contribution in [0.25, 0.3) is 6.08 Å². The first-order valence-corrected chi connectivity index (χ1v) is 36.0. The van der Waals surface area contributed by atoms with Crippen LogP contribution in [0.3, 0.4) is 0 Å². The number of hydrogen-bond donors (Lipinski definition) is 23. The molecule has 22 fully saturated rings. The minimum Gasteiger partial charge on any atom is -0.394 e. The number of benzene rings is 2. The Morgan fingerprint density at radius 1 is 0.372 bits per heavy atom. The lowest BCUT2D eigenvalue weighted by molar-refractivity contribution is -0.403. The third-order valence-electron chi connectivity index (χ3n) is 19.6. The highest BCUT2D eigenvalue weighted by atomic mass is 16.8. The van der Waals surface area contributed by atoms with Gasteiger partial charge >= 0.3 is 23.4 Å². The summed E-state index contributed by atoms with van der Waals surface area (Å²) >= 11 is 0. The van der Waals surface area contributed by atoms with Gasteiger partial charge in [0.2, 0.25) is 11.8 Å². The number of nitrogens with zero attached hydrogens (tertiary/aromatic N) is 3. The Balaban J connectivity index is 0.774. The zero-order valence-electron chi connectivity index (χ0n) is 59.9. The molecule has 2 aromatic rings. The second kappa shape index (κ2) is 41.5. The van der Waals surface area contributed by atoms with Crippen molar-refractivity contribution in [2.75, 3.05) is 69.8 Å². The maximum Gasteiger partial charge on any atom is 0.319 e. The normalized spacial score (nSPS) is 36.9. The lowest BCUT2D eigenvalue weighted by Gasteiger charge is -2.50. The minimum atomic E-state index is -2.28. The molecule has 48 nitrogen and oxygen atoms in total. The topological polar surface area (TPSA) is 725 Å². The summed E-state index contributed by atoms with van der Waals surface area (Å²) in [5.41, 5.74) is -2.93. The molecule has 22 heterocycles. The Labute approximate surface area is 639 Å². The van der Waals surface area contributed by atoms with E-state index in [0.717, 1.165) is 6.08 Å². The average Bonchev–Trinajstić information content (AvgIpc) is 0.778. The number of ether oxygens (including phenoxy) is 12. The Morgan fingerprint density at radius 2 is 0.681 bits per heavy atom. The van der Waals surface area contributed by atoms with Crippen LogP contribution in [0, 0.1) is 30.3 Å². The van der Waals surface area contributed by atoms with Crippen LogP contribution in [0.2, 0.25) is 0 Å². The lowest BCUT2D eigenvalue weighted by atomic mass is 9.94. The first kappa shape index (κ1) is 89.6. The van der Waals surface area contributed by atoms with Crippen LogP contribution in [-0.4, -0.2) is 369 Å².